The second kappa shape index (κ2) is 8.48. The van der Waals surface area contributed by atoms with E-state index in [2.05, 4.69) is 4.74 Å². The minimum atomic E-state index is -1.25. The average molecular weight is 162 g/mol. The van der Waals surface area contributed by atoms with Gasteiger partial charge in [-0.15, -0.1) is 0 Å². The normalized spacial score (nSPS) is 8.18. The number of carbonyl (C=O) groups is 2. The Hall–Kier alpha value is -1.52. The van der Waals surface area contributed by atoms with Crippen LogP contribution in [0.25, 0.3) is 0 Å². The summed E-state index contributed by atoms with van der Waals surface area (Å²) in [6.07, 6.45) is 1.31. The fourth-order valence-corrected chi connectivity index (χ4v) is 0.143. The van der Waals surface area contributed by atoms with Gasteiger partial charge in [0.15, 0.2) is 0 Å². The fourth-order valence-electron chi connectivity index (χ4n) is 0.143. The third-order valence-electron chi connectivity index (χ3n) is 0.484. The quantitative estimate of drug-likeness (QED) is 0.443. The van der Waals surface area contributed by atoms with Crippen molar-refractivity contribution in [3.05, 3.63) is 12.2 Å². The maximum atomic E-state index is 9.51. The highest BCUT2D eigenvalue weighted by Gasteiger charge is 1.80. The molecule has 0 aliphatic carbocycles. The van der Waals surface area contributed by atoms with E-state index in [1.54, 1.807) is 6.92 Å². The van der Waals surface area contributed by atoms with Crippen LogP contribution in [0.4, 0.5) is 4.79 Å². The molecule has 0 unspecified atom stereocenters. The first kappa shape index (κ1) is 12.2. The maximum absolute atomic E-state index is 9.51. The Kier molecular flexibility index (Phi) is 9.39. The van der Waals surface area contributed by atoms with Crippen molar-refractivity contribution in [3.8, 4) is 0 Å². The summed E-state index contributed by atoms with van der Waals surface area (Å²) in [6, 6.07) is 0. The lowest BCUT2D eigenvalue weighted by Crippen LogP contribution is -1.91. The van der Waals surface area contributed by atoms with Crippen LogP contribution >= 0.6 is 0 Å². The third kappa shape index (κ3) is 29.4. The van der Waals surface area contributed by atoms with Gasteiger partial charge in [-0.1, -0.05) is 6.08 Å². The van der Waals surface area contributed by atoms with E-state index in [1.165, 1.54) is 6.08 Å². The van der Waals surface area contributed by atoms with Gasteiger partial charge in [0.05, 0.1) is 7.11 Å². The highest BCUT2D eigenvalue weighted by molar-refractivity contribution is 5.79. The molecule has 0 aliphatic rings. The monoisotopic (exact) mass is 162 g/mol. The Morgan fingerprint density at radius 2 is 1.73 bits per heavy atom. The maximum Gasteiger partial charge on any atom is 0.505 e. The van der Waals surface area contributed by atoms with Crippen molar-refractivity contribution in [2.45, 2.75) is 6.92 Å². The summed E-state index contributed by atoms with van der Waals surface area (Å²) in [5, 5.41) is 15.3. The molecule has 0 fully saturated rings. The van der Waals surface area contributed by atoms with Crippen LogP contribution in [-0.4, -0.2) is 29.4 Å². The summed E-state index contributed by atoms with van der Waals surface area (Å²) in [5.74, 6) is -0.891. The van der Waals surface area contributed by atoms with Crippen LogP contribution in [-0.2, 0) is 9.53 Å². The van der Waals surface area contributed by atoms with Gasteiger partial charge in [-0.2, -0.15) is 0 Å². The molecule has 0 radical (unpaired) electrons. The van der Waals surface area contributed by atoms with E-state index in [9.17, 15) is 4.79 Å². The van der Waals surface area contributed by atoms with Gasteiger partial charge in [0, 0.05) is 6.08 Å². The summed E-state index contributed by atoms with van der Waals surface area (Å²) in [7, 11) is 1.10. The van der Waals surface area contributed by atoms with Crippen molar-refractivity contribution >= 4 is 12.1 Å². The van der Waals surface area contributed by atoms with Gasteiger partial charge in [0.25, 0.3) is 0 Å². The Morgan fingerprint density at radius 3 is 1.73 bits per heavy atom. The number of carboxylic acids is 1. The molecule has 0 heterocycles. The number of allylic oxidation sites excluding steroid dienone is 1. The molecular weight excluding hydrogens is 152 g/mol. The Balaban J connectivity index is 0. The van der Waals surface area contributed by atoms with Gasteiger partial charge in [-0.25, -0.2) is 9.59 Å². The Bertz CT molecular complexity index is 149. The molecule has 11 heavy (non-hydrogen) atoms. The first-order valence-corrected chi connectivity index (χ1v) is 2.67. The Morgan fingerprint density at radius 1 is 1.36 bits per heavy atom. The van der Waals surface area contributed by atoms with E-state index in [-0.39, 0.29) is 0 Å². The first-order chi connectivity index (χ1) is 5.04. The molecule has 5 nitrogen and oxygen atoms in total. The molecule has 0 aromatic heterocycles. The minimum Gasteiger partial charge on any atom is -0.478 e. The number of hydrogen-bond acceptors (Lipinski definition) is 3. The van der Waals surface area contributed by atoms with Crippen LogP contribution in [0.1, 0.15) is 6.92 Å². The van der Waals surface area contributed by atoms with Gasteiger partial charge in [-0.3, -0.25) is 0 Å². The Labute approximate surface area is 63.9 Å². The number of aliphatic carboxylic acids is 1. The number of carboxylic acid groups (broad SMARTS) is 2. The summed E-state index contributed by atoms with van der Waals surface area (Å²) >= 11 is 0. The van der Waals surface area contributed by atoms with E-state index in [0.29, 0.717) is 0 Å². The van der Waals surface area contributed by atoms with Crippen molar-refractivity contribution in [2.24, 2.45) is 0 Å². The molecule has 0 aromatic rings. The third-order valence-corrected chi connectivity index (χ3v) is 0.484. The molecular formula is C6H10O5. The second-order valence-electron chi connectivity index (χ2n) is 1.31. The van der Waals surface area contributed by atoms with Gasteiger partial charge in [0.1, 0.15) is 0 Å². The van der Waals surface area contributed by atoms with Gasteiger partial charge in [0.2, 0.25) is 0 Å². The topological polar surface area (TPSA) is 83.8 Å². The van der Waals surface area contributed by atoms with Crippen LogP contribution in [0, 0.1) is 0 Å². The highest BCUT2D eigenvalue weighted by Crippen LogP contribution is 1.65. The standard InChI is InChI=1S/C4H6O2.C2H4O3/c1-2-3-4(5)6;1-5-2(3)4/h2-3H,1H3,(H,5,6);1H3,(H,3,4)/b3-2+;. The van der Waals surface area contributed by atoms with Crippen LogP contribution in [0.5, 0.6) is 0 Å². The highest BCUT2D eigenvalue weighted by atomic mass is 16.6. The van der Waals surface area contributed by atoms with Crippen molar-refractivity contribution in [1.82, 2.24) is 0 Å². The molecule has 0 bridgehead atoms. The molecule has 0 atom stereocenters. The van der Waals surface area contributed by atoms with Crippen molar-refractivity contribution in [1.29, 1.82) is 0 Å². The molecule has 0 aliphatic heterocycles. The molecule has 0 amide bonds. The summed E-state index contributed by atoms with van der Waals surface area (Å²) < 4.78 is 3.67. The first-order valence-electron chi connectivity index (χ1n) is 2.67. The zero-order valence-electron chi connectivity index (χ0n) is 6.27. The average Bonchev–Trinajstić information content (AvgIpc) is 1.89. The van der Waals surface area contributed by atoms with Crippen LogP contribution in [0.2, 0.25) is 0 Å². The molecule has 0 rings (SSSR count). The van der Waals surface area contributed by atoms with Gasteiger partial charge >= 0.3 is 12.1 Å². The summed E-state index contributed by atoms with van der Waals surface area (Å²) in [5.41, 5.74) is 0. The van der Waals surface area contributed by atoms with Crippen molar-refractivity contribution in [3.63, 3.8) is 0 Å². The van der Waals surface area contributed by atoms with Crippen LogP contribution < -0.4 is 0 Å². The molecule has 0 aromatic carbocycles. The zero-order valence-corrected chi connectivity index (χ0v) is 6.27. The second-order valence-corrected chi connectivity index (χ2v) is 1.31. The van der Waals surface area contributed by atoms with E-state index >= 15 is 0 Å². The lowest BCUT2D eigenvalue weighted by Gasteiger charge is -1.79. The lowest BCUT2D eigenvalue weighted by atomic mass is 10.5. The van der Waals surface area contributed by atoms with E-state index in [1.807, 2.05) is 0 Å². The number of rotatable bonds is 1. The van der Waals surface area contributed by atoms with E-state index in [4.69, 9.17) is 15.0 Å². The van der Waals surface area contributed by atoms with Gasteiger partial charge < -0.3 is 14.9 Å². The van der Waals surface area contributed by atoms with Gasteiger partial charge in [-0.05, 0) is 6.92 Å². The van der Waals surface area contributed by atoms with Crippen molar-refractivity contribution < 1.29 is 24.5 Å². The molecule has 0 saturated carbocycles. The molecule has 64 valence electrons. The number of ether oxygens (including phenoxy) is 1. The van der Waals surface area contributed by atoms with E-state index in [0.717, 1.165) is 13.2 Å². The lowest BCUT2D eigenvalue weighted by molar-refractivity contribution is -0.131. The zero-order chi connectivity index (χ0) is 9.28. The van der Waals surface area contributed by atoms with E-state index < -0.39 is 12.1 Å². The predicted octanol–water partition coefficient (Wildman–Crippen LogP) is 0.958. The largest absolute Gasteiger partial charge is 0.505 e. The number of hydrogen-bond donors (Lipinski definition) is 2. The molecule has 0 spiro atoms. The molecule has 5 heteroatoms. The smallest absolute Gasteiger partial charge is 0.478 e. The molecule has 2 N–H and O–H groups in total. The SMILES string of the molecule is C/C=C/C(=O)O.COC(=O)O. The predicted molar refractivity (Wildman–Crippen MR) is 37.5 cm³/mol. The summed E-state index contributed by atoms with van der Waals surface area (Å²) in [6.45, 7) is 1.66. The van der Waals surface area contributed by atoms with Crippen LogP contribution in [0.3, 0.4) is 0 Å². The number of methoxy groups -OCH3 is 1. The van der Waals surface area contributed by atoms with Crippen LogP contribution in [0.15, 0.2) is 12.2 Å². The fraction of sp³-hybridized carbons (Fsp3) is 0.333. The molecule has 0 saturated heterocycles. The minimum absolute atomic E-state index is 0.891. The van der Waals surface area contributed by atoms with Crippen molar-refractivity contribution in [2.75, 3.05) is 7.11 Å². The summed E-state index contributed by atoms with van der Waals surface area (Å²) in [4.78, 5) is 18.7.